The van der Waals surface area contributed by atoms with E-state index in [1.807, 2.05) is 0 Å². The fraction of sp³-hybridized carbons (Fsp3) is 0.214. The molecule has 1 N–H and O–H groups in total. The van der Waals surface area contributed by atoms with Crippen LogP contribution in [-0.4, -0.2) is 22.7 Å². The lowest BCUT2D eigenvalue weighted by Gasteiger charge is -2.07. The Balaban J connectivity index is 2.01. The number of nitrogens with one attached hydrogen (secondary N) is 1. The van der Waals surface area contributed by atoms with Crippen LogP contribution in [0.3, 0.4) is 0 Å². The van der Waals surface area contributed by atoms with E-state index in [4.69, 9.17) is 4.74 Å². The first-order valence-electron chi connectivity index (χ1n) is 6.29. The van der Waals surface area contributed by atoms with Crippen LogP contribution in [0.5, 0.6) is 5.88 Å². The monoisotopic (exact) mass is 293 g/mol. The molecule has 1 aromatic heterocycles. The number of nitrogens with zero attached hydrogens (tertiary/aromatic N) is 2. The van der Waals surface area contributed by atoms with Crippen molar-refractivity contribution in [1.29, 1.82) is 0 Å². The first-order valence-corrected chi connectivity index (χ1v) is 6.29. The van der Waals surface area contributed by atoms with E-state index in [9.17, 15) is 13.6 Å². The van der Waals surface area contributed by atoms with Crippen molar-refractivity contribution in [3.63, 3.8) is 0 Å². The van der Waals surface area contributed by atoms with Crippen molar-refractivity contribution in [2.75, 3.05) is 6.61 Å². The van der Waals surface area contributed by atoms with Gasteiger partial charge in [0.05, 0.1) is 6.61 Å². The van der Waals surface area contributed by atoms with E-state index < -0.39 is 17.5 Å². The van der Waals surface area contributed by atoms with Gasteiger partial charge in [0.2, 0.25) is 5.88 Å². The largest absolute Gasteiger partial charge is 0.477 e. The fourth-order valence-electron chi connectivity index (χ4n) is 1.63. The van der Waals surface area contributed by atoms with Gasteiger partial charge in [-0.1, -0.05) is 6.07 Å². The van der Waals surface area contributed by atoms with Crippen molar-refractivity contribution in [1.82, 2.24) is 15.5 Å². The molecule has 2 rings (SSSR count). The number of benzene rings is 1. The van der Waals surface area contributed by atoms with Crippen LogP contribution in [-0.2, 0) is 6.54 Å². The van der Waals surface area contributed by atoms with Gasteiger partial charge in [0.1, 0.15) is 11.6 Å². The molecule has 0 spiro atoms. The first-order chi connectivity index (χ1) is 10.1. The number of rotatable bonds is 5. The Morgan fingerprint density at radius 3 is 2.48 bits per heavy atom. The molecule has 0 aliphatic carbocycles. The Bertz CT molecular complexity index is 612. The molecule has 1 aromatic carbocycles. The smallest absolute Gasteiger partial charge is 0.272 e. The predicted octanol–water partition coefficient (Wildman–Crippen LogP) is 2.08. The third-order valence-corrected chi connectivity index (χ3v) is 2.65. The molecule has 1 heterocycles. The quantitative estimate of drug-likeness (QED) is 0.916. The lowest BCUT2D eigenvalue weighted by molar-refractivity contribution is 0.0944. The van der Waals surface area contributed by atoms with Crippen LogP contribution < -0.4 is 10.1 Å². The van der Waals surface area contributed by atoms with E-state index in [1.165, 1.54) is 18.2 Å². The van der Waals surface area contributed by atoms with Crippen molar-refractivity contribution >= 4 is 5.91 Å². The average Bonchev–Trinajstić information content (AvgIpc) is 2.47. The molecule has 0 bridgehead atoms. The molecule has 0 aliphatic heterocycles. The van der Waals surface area contributed by atoms with Crippen LogP contribution in [0.4, 0.5) is 8.78 Å². The summed E-state index contributed by atoms with van der Waals surface area (Å²) in [7, 11) is 0. The van der Waals surface area contributed by atoms with Gasteiger partial charge in [0, 0.05) is 18.2 Å². The summed E-state index contributed by atoms with van der Waals surface area (Å²) in [5.41, 5.74) is -0.167. The summed E-state index contributed by atoms with van der Waals surface area (Å²) in [5.74, 6) is -1.71. The maximum atomic E-state index is 13.4. The molecule has 1 amide bonds. The van der Waals surface area contributed by atoms with Crippen LogP contribution >= 0.6 is 0 Å². The van der Waals surface area contributed by atoms with E-state index >= 15 is 0 Å². The van der Waals surface area contributed by atoms with Crippen LogP contribution in [0.2, 0.25) is 0 Å². The molecule has 0 unspecified atom stereocenters. The topological polar surface area (TPSA) is 64.1 Å². The van der Waals surface area contributed by atoms with Gasteiger partial charge in [-0.25, -0.2) is 8.78 Å². The maximum absolute atomic E-state index is 13.4. The molecule has 7 heteroatoms. The highest BCUT2D eigenvalue weighted by atomic mass is 19.1. The normalized spacial score (nSPS) is 10.2. The fourth-order valence-corrected chi connectivity index (χ4v) is 1.63. The lowest BCUT2D eigenvalue weighted by Crippen LogP contribution is -2.25. The SMILES string of the molecule is CCOc1ccc(C(=O)NCc2c(F)cccc2F)nn1. The Hall–Kier alpha value is -2.57. The zero-order valence-electron chi connectivity index (χ0n) is 11.3. The second kappa shape index (κ2) is 6.74. The molecule has 21 heavy (non-hydrogen) atoms. The summed E-state index contributed by atoms with van der Waals surface area (Å²) in [6.07, 6.45) is 0. The second-order valence-corrected chi connectivity index (χ2v) is 4.07. The van der Waals surface area contributed by atoms with Crippen LogP contribution in [0.1, 0.15) is 23.0 Å². The minimum absolute atomic E-state index is 0.0372. The zero-order valence-corrected chi connectivity index (χ0v) is 11.3. The minimum Gasteiger partial charge on any atom is -0.477 e. The molecular formula is C14H13F2N3O2. The van der Waals surface area contributed by atoms with Gasteiger partial charge < -0.3 is 10.1 Å². The molecule has 110 valence electrons. The number of aromatic nitrogens is 2. The van der Waals surface area contributed by atoms with Gasteiger partial charge in [-0.2, -0.15) is 0 Å². The van der Waals surface area contributed by atoms with Crippen molar-refractivity contribution < 1.29 is 18.3 Å². The van der Waals surface area contributed by atoms with Gasteiger partial charge in [-0.05, 0) is 25.1 Å². The van der Waals surface area contributed by atoms with Gasteiger partial charge >= 0.3 is 0 Å². The summed E-state index contributed by atoms with van der Waals surface area (Å²) < 4.78 is 31.9. The van der Waals surface area contributed by atoms with Gasteiger partial charge in [-0.15, -0.1) is 10.2 Å². The average molecular weight is 293 g/mol. The Morgan fingerprint density at radius 2 is 1.90 bits per heavy atom. The van der Waals surface area contributed by atoms with E-state index in [1.54, 1.807) is 6.92 Å². The Kier molecular flexibility index (Phi) is 4.76. The van der Waals surface area contributed by atoms with Crippen LogP contribution in [0, 0.1) is 11.6 Å². The molecular weight excluding hydrogens is 280 g/mol. The summed E-state index contributed by atoms with van der Waals surface area (Å²) in [6.45, 7) is 1.96. The van der Waals surface area contributed by atoms with E-state index in [2.05, 4.69) is 15.5 Å². The number of carbonyl (C=O) groups is 1. The third kappa shape index (κ3) is 3.71. The number of hydrogen-bond donors (Lipinski definition) is 1. The van der Waals surface area contributed by atoms with Crippen molar-refractivity contribution in [3.05, 3.63) is 53.2 Å². The molecule has 2 aromatic rings. The summed E-state index contributed by atoms with van der Waals surface area (Å²) in [4.78, 5) is 11.8. The van der Waals surface area contributed by atoms with Crippen molar-refractivity contribution in [2.45, 2.75) is 13.5 Å². The van der Waals surface area contributed by atoms with E-state index in [-0.39, 0.29) is 17.8 Å². The predicted molar refractivity (Wildman–Crippen MR) is 70.7 cm³/mol. The van der Waals surface area contributed by atoms with Gasteiger partial charge in [0.25, 0.3) is 5.91 Å². The van der Waals surface area contributed by atoms with E-state index in [0.29, 0.717) is 12.5 Å². The number of carbonyl (C=O) groups excluding carboxylic acids is 1. The van der Waals surface area contributed by atoms with Crippen molar-refractivity contribution in [2.24, 2.45) is 0 Å². The molecule has 0 saturated carbocycles. The Labute approximate surface area is 120 Å². The molecule has 0 atom stereocenters. The van der Waals surface area contributed by atoms with E-state index in [0.717, 1.165) is 12.1 Å². The van der Waals surface area contributed by atoms with Gasteiger partial charge in [0.15, 0.2) is 5.69 Å². The minimum atomic E-state index is -0.715. The molecule has 0 aliphatic rings. The van der Waals surface area contributed by atoms with Crippen molar-refractivity contribution in [3.8, 4) is 5.88 Å². The number of ether oxygens (including phenoxy) is 1. The van der Waals surface area contributed by atoms with Crippen LogP contribution in [0.25, 0.3) is 0 Å². The lowest BCUT2D eigenvalue weighted by atomic mass is 10.2. The third-order valence-electron chi connectivity index (χ3n) is 2.65. The van der Waals surface area contributed by atoms with Gasteiger partial charge in [-0.3, -0.25) is 4.79 Å². The highest BCUT2D eigenvalue weighted by Gasteiger charge is 2.12. The number of hydrogen-bond acceptors (Lipinski definition) is 4. The Morgan fingerprint density at radius 1 is 1.19 bits per heavy atom. The molecule has 0 fully saturated rings. The summed E-state index contributed by atoms with van der Waals surface area (Å²) >= 11 is 0. The molecule has 5 nitrogen and oxygen atoms in total. The summed E-state index contributed by atoms with van der Waals surface area (Å²) in [6, 6.07) is 6.43. The highest BCUT2D eigenvalue weighted by molar-refractivity contribution is 5.92. The highest BCUT2D eigenvalue weighted by Crippen LogP contribution is 2.12. The van der Waals surface area contributed by atoms with Crippen LogP contribution in [0.15, 0.2) is 30.3 Å². The maximum Gasteiger partial charge on any atom is 0.272 e. The second-order valence-electron chi connectivity index (χ2n) is 4.07. The summed E-state index contributed by atoms with van der Waals surface area (Å²) in [5, 5.41) is 9.76. The standard InChI is InChI=1S/C14H13F2N3O2/c1-2-21-13-7-6-12(18-19-13)14(20)17-8-9-10(15)4-3-5-11(9)16/h3-7H,2,8H2,1H3,(H,17,20). The molecule has 0 radical (unpaired) electrons. The number of amides is 1. The number of halogens is 2. The first kappa shape index (κ1) is 14.8. The zero-order chi connectivity index (χ0) is 15.2. The molecule has 0 saturated heterocycles.